The molecule has 8 heteroatoms. The lowest BCUT2D eigenvalue weighted by Crippen LogP contribution is -2.31. The monoisotopic (exact) mass is 412 g/mol. The zero-order valence-electron chi connectivity index (χ0n) is 16.5. The highest BCUT2D eigenvalue weighted by molar-refractivity contribution is 7.89. The minimum Gasteiger partial charge on any atom is -0.496 e. The van der Waals surface area contributed by atoms with Crippen molar-refractivity contribution in [3.05, 3.63) is 71.9 Å². The molecule has 0 amide bonds. The minimum absolute atomic E-state index is 0.0806. The number of nitrogens with zero attached hydrogens (tertiary/aromatic N) is 4. The largest absolute Gasteiger partial charge is 0.496 e. The number of rotatable bonds is 6. The highest BCUT2D eigenvalue weighted by Crippen LogP contribution is 2.35. The molecule has 0 bridgehead atoms. The summed E-state index contributed by atoms with van der Waals surface area (Å²) in [4.78, 5) is 8.85. The molecule has 7 nitrogen and oxygen atoms in total. The highest BCUT2D eigenvalue weighted by Gasteiger charge is 2.38. The Labute approximate surface area is 171 Å². The average molecular weight is 413 g/mol. The number of imidazole rings is 1. The second kappa shape index (κ2) is 7.96. The number of aromatic nitrogens is 3. The van der Waals surface area contributed by atoms with Crippen LogP contribution in [-0.4, -0.2) is 40.9 Å². The SMILES string of the molecule is COc1ccccc1Cc1cccc(C2CCCN2S(=O)(=O)c2cn(C)cn2)n1. The molecule has 1 saturated heterocycles. The van der Waals surface area contributed by atoms with Gasteiger partial charge in [-0.2, -0.15) is 4.31 Å². The number of methoxy groups -OCH3 is 1. The normalized spacial score (nSPS) is 17.5. The summed E-state index contributed by atoms with van der Waals surface area (Å²) >= 11 is 0. The first-order valence-electron chi connectivity index (χ1n) is 9.56. The summed E-state index contributed by atoms with van der Waals surface area (Å²) in [5.74, 6) is 0.819. The third-order valence-corrected chi connectivity index (χ3v) is 6.99. The molecule has 1 aromatic carbocycles. The Morgan fingerprint density at radius 3 is 2.76 bits per heavy atom. The van der Waals surface area contributed by atoms with Crippen LogP contribution < -0.4 is 4.74 Å². The number of hydrogen-bond acceptors (Lipinski definition) is 5. The van der Waals surface area contributed by atoms with E-state index in [4.69, 9.17) is 9.72 Å². The third-order valence-electron chi connectivity index (χ3n) is 5.19. The van der Waals surface area contributed by atoms with Gasteiger partial charge in [0.15, 0.2) is 5.03 Å². The molecule has 0 radical (unpaired) electrons. The van der Waals surface area contributed by atoms with Crippen LogP contribution in [0.2, 0.25) is 0 Å². The Morgan fingerprint density at radius 2 is 2.00 bits per heavy atom. The zero-order chi connectivity index (χ0) is 20.4. The van der Waals surface area contributed by atoms with Crippen molar-refractivity contribution in [1.29, 1.82) is 0 Å². The lowest BCUT2D eigenvalue weighted by Gasteiger charge is -2.23. The molecule has 4 rings (SSSR count). The number of pyridine rings is 1. The number of para-hydroxylation sites is 1. The van der Waals surface area contributed by atoms with Crippen LogP contribution in [0.3, 0.4) is 0 Å². The number of sulfonamides is 1. The van der Waals surface area contributed by atoms with E-state index in [1.54, 1.807) is 18.7 Å². The van der Waals surface area contributed by atoms with Crippen molar-refractivity contribution in [2.45, 2.75) is 30.3 Å². The van der Waals surface area contributed by atoms with Gasteiger partial charge >= 0.3 is 0 Å². The first-order valence-corrected chi connectivity index (χ1v) is 11.0. The topological polar surface area (TPSA) is 77.3 Å². The first-order chi connectivity index (χ1) is 14.0. The Kier molecular flexibility index (Phi) is 5.38. The Bertz CT molecular complexity index is 1110. The standard InChI is InChI=1S/C21H24N4O3S/c1-24-14-21(22-15-24)29(26,27)25-12-6-10-19(25)18-9-5-8-17(23-18)13-16-7-3-4-11-20(16)28-2/h3-5,7-9,11,14-15,19H,6,10,12-13H2,1-2H3. The van der Waals surface area contributed by atoms with E-state index in [1.165, 1.54) is 16.8 Å². The van der Waals surface area contributed by atoms with E-state index in [9.17, 15) is 8.42 Å². The molecule has 1 aliphatic heterocycles. The van der Waals surface area contributed by atoms with E-state index in [0.717, 1.165) is 35.5 Å². The van der Waals surface area contributed by atoms with Crippen molar-refractivity contribution >= 4 is 10.0 Å². The molecule has 1 fully saturated rings. The molecule has 3 heterocycles. The maximum Gasteiger partial charge on any atom is 0.262 e. The van der Waals surface area contributed by atoms with Crippen molar-refractivity contribution in [3.63, 3.8) is 0 Å². The minimum atomic E-state index is -3.66. The van der Waals surface area contributed by atoms with Gasteiger partial charge < -0.3 is 9.30 Å². The second-order valence-corrected chi connectivity index (χ2v) is 9.03. The van der Waals surface area contributed by atoms with Gasteiger partial charge in [-0.1, -0.05) is 24.3 Å². The number of aryl methyl sites for hydroxylation is 1. The molecule has 1 unspecified atom stereocenters. The average Bonchev–Trinajstić information content (AvgIpc) is 3.38. The van der Waals surface area contributed by atoms with Crippen molar-refractivity contribution in [2.24, 2.45) is 7.05 Å². The molecule has 152 valence electrons. The van der Waals surface area contributed by atoms with Gasteiger partial charge in [0.25, 0.3) is 10.0 Å². The maximum absolute atomic E-state index is 13.1. The summed E-state index contributed by atoms with van der Waals surface area (Å²) < 4.78 is 34.8. The van der Waals surface area contributed by atoms with Crippen LogP contribution in [0.1, 0.15) is 35.8 Å². The first kappa shape index (κ1) is 19.6. The molecule has 0 spiro atoms. The van der Waals surface area contributed by atoms with Crippen LogP contribution in [-0.2, 0) is 23.5 Å². The molecule has 29 heavy (non-hydrogen) atoms. The highest BCUT2D eigenvalue weighted by atomic mass is 32.2. The van der Waals surface area contributed by atoms with Crippen molar-refractivity contribution in [3.8, 4) is 5.75 Å². The quantitative estimate of drug-likeness (QED) is 0.622. The lowest BCUT2D eigenvalue weighted by molar-refractivity contribution is 0.388. The zero-order valence-corrected chi connectivity index (χ0v) is 17.3. The second-order valence-electron chi connectivity index (χ2n) is 7.19. The van der Waals surface area contributed by atoms with E-state index in [0.29, 0.717) is 13.0 Å². The maximum atomic E-state index is 13.1. The molecule has 0 saturated carbocycles. The van der Waals surface area contributed by atoms with Gasteiger partial charge in [0.1, 0.15) is 5.75 Å². The van der Waals surface area contributed by atoms with Gasteiger partial charge in [0.05, 0.1) is 25.2 Å². The van der Waals surface area contributed by atoms with Crippen LogP contribution in [0.5, 0.6) is 5.75 Å². The molecule has 2 aromatic heterocycles. The number of ether oxygens (including phenoxy) is 1. The van der Waals surface area contributed by atoms with Crippen molar-refractivity contribution in [1.82, 2.24) is 18.8 Å². The third kappa shape index (κ3) is 3.90. The van der Waals surface area contributed by atoms with E-state index in [2.05, 4.69) is 4.98 Å². The summed E-state index contributed by atoms with van der Waals surface area (Å²) in [7, 11) is -0.242. The van der Waals surface area contributed by atoms with Crippen LogP contribution in [0.15, 0.2) is 60.0 Å². The summed E-state index contributed by atoms with van der Waals surface area (Å²) in [5, 5.41) is 0.0806. The lowest BCUT2D eigenvalue weighted by atomic mass is 10.1. The van der Waals surface area contributed by atoms with Gasteiger partial charge in [-0.25, -0.2) is 13.4 Å². The van der Waals surface area contributed by atoms with Crippen molar-refractivity contribution < 1.29 is 13.2 Å². The number of benzene rings is 1. The smallest absolute Gasteiger partial charge is 0.262 e. The van der Waals surface area contributed by atoms with Crippen LogP contribution in [0, 0.1) is 0 Å². The van der Waals surface area contributed by atoms with Crippen molar-refractivity contribution in [2.75, 3.05) is 13.7 Å². The van der Waals surface area contributed by atoms with E-state index < -0.39 is 10.0 Å². The molecule has 0 aliphatic carbocycles. The van der Waals surface area contributed by atoms with Crippen LogP contribution in [0.4, 0.5) is 0 Å². The van der Waals surface area contributed by atoms with Gasteiger partial charge in [-0.3, -0.25) is 4.98 Å². The van der Waals surface area contributed by atoms with E-state index >= 15 is 0 Å². The molecular weight excluding hydrogens is 388 g/mol. The van der Waals surface area contributed by atoms with Crippen LogP contribution in [0.25, 0.3) is 0 Å². The molecular formula is C21H24N4O3S. The molecule has 1 aliphatic rings. The summed E-state index contributed by atoms with van der Waals surface area (Å²) in [6, 6.07) is 13.4. The fourth-order valence-electron chi connectivity index (χ4n) is 3.79. The Balaban J connectivity index is 1.62. The fraction of sp³-hybridized carbons (Fsp3) is 0.333. The summed E-state index contributed by atoms with van der Waals surface area (Å²) in [5.41, 5.74) is 2.70. The Hall–Kier alpha value is -2.71. The van der Waals surface area contributed by atoms with E-state index in [1.807, 2.05) is 42.5 Å². The number of hydrogen-bond donors (Lipinski definition) is 0. The molecule has 0 N–H and O–H groups in total. The van der Waals surface area contributed by atoms with E-state index in [-0.39, 0.29) is 11.1 Å². The van der Waals surface area contributed by atoms with Gasteiger partial charge in [-0.15, -0.1) is 0 Å². The summed E-state index contributed by atoms with van der Waals surface area (Å²) in [6.07, 6.45) is 5.21. The fourth-order valence-corrected chi connectivity index (χ4v) is 5.43. The Morgan fingerprint density at radius 1 is 1.17 bits per heavy atom. The molecule has 3 aromatic rings. The molecule has 1 atom stereocenters. The summed E-state index contributed by atoms with van der Waals surface area (Å²) in [6.45, 7) is 0.474. The predicted molar refractivity (Wildman–Crippen MR) is 109 cm³/mol. The van der Waals surface area contributed by atoms with Gasteiger partial charge in [0, 0.05) is 37.5 Å². The predicted octanol–water partition coefficient (Wildman–Crippen LogP) is 2.94. The van der Waals surface area contributed by atoms with Crippen LogP contribution >= 0.6 is 0 Å². The van der Waals surface area contributed by atoms with Gasteiger partial charge in [-0.05, 0) is 31.0 Å². The van der Waals surface area contributed by atoms with Gasteiger partial charge in [0.2, 0.25) is 0 Å².